The summed E-state index contributed by atoms with van der Waals surface area (Å²) in [7, 11) is 0. The summed E-state index contributed by atoms with van der Waals surface area (Å²) in [5.74, 6) is 0.781. The number of aryl methyl sites for hydroxylation is 1. The van der Waals surface area contributed by atoms with Gasteiger partial charge in [-0.15, -0.1) is 0 Å². The quantitative estimate of drug-likeness (QED) is 0.748. The van der Waals surface area contributed by atoms with Gasteiger partial charge in [0.1, 0.15) is 11.3 Å². The number of carbonyl (C=O) groups excluding carboxylic acids is 1. The topological polar surface area (TPSA) is 80.0 Å². The number of aromatic nitrogens is 3. The van der Waals surface area contributed by atoms with E-state index in [9.17, 15) is 9.90 Å². The number of carbonyl (C=O) groups is 1. The van der Waals surface area contributed by atoms with Crippen molar-refractivity contribution >= 4 is 11.6 Å². The molecule has 1 aromatic carbocycles. The minimum absolute atomic E-state index is 0.0258. The minimum atomic E-state index is -0.475. The number of likely N-dealkylation sites (tertiary alicyclic amines) is 1. The molecule has 2 unspecified atom stereocenters. The van der Waals surface area contributed by atoms with Gasteiger partial charge in [-0.25, -0.2) is 9.50 Å². The van der Waals surface area contributed by atoms with E-state index >= 15 is 0 Å². The second-order valence-electron chi connectivity index (χ2n) is 7.54. The van der Waals surface area contributed by atoms with Gasteiger partial charge in [0.2, 0.25) is 0 Å². The number of benzene rings is 1. The molecule has 3 aromatic rings. The number of amides is 1. The monoisotopic (exact) mass is 364 g/mol. The van der Waals surface area contributed by atoms with E-state index in [0.29, 0.717) is 30.9 Å². The van der Waals surface area contributed by atoms with E-state index in [-0.39, 0.29) is 18.4 Å². The van der Waals surface area contributed by atoms with Crippen LogP contribution < -0.4 is 4.74 Å². The first kappa shape index (κ1) is 16.3. The van der Waals surface area contributed by atoms with E-state index in [1.165, 1.54) is 0 Å². The van der Waals surface area contributed by atoms with Crippen molar-refractivity contribution in [2.45, 2.75) is 12.8 Å². The third kappa shape index (κ3) is 2.35. The third-order valence-corrected chi connectivity index (χ3v) is 5.78. The van der Waals surface area contributed by atoms with Crippen LogP contribution in [0, 0.1) is 12.3 Å². The fraction of sp³-hybridized carbons (Fsp3) is 0.350. The molecular formula is C20H20N4O3. The molecule has 7 heteroatoms. The van der Waals surface area contributed by atoms with Crippen molar-refractivity contribution in [1.82, 2.24) is 19.5 Å². The zero-order valence-electron chi connectivity index (χ0n) is 15.0. The van der Waals surface area contributed by atoms with Crippen LogP contribution >= 0.6 is 0 Å². The maximum atomic E-state index is 13.2. The summed E-state index contributed by atoms with van der Waals surface area (Å²) < 4.78 is 7.54. The van der Waals surface area contributed by atoms with E-state index in [0.717, 1.165) is 16.9 Å². The average Bonchev–Trinajstić information content (AvgIpc) is 3.29. The van der Waals surface area contributed by atoms with E-state index in [1.54, 1.807) is 21.8 Å². The van der Waals surface area contributed by atoms with Gasteiger partial charge >= 0.3 is 0 Å². The molecule has 2 aromatic heterocycles. The standard InChI is InChI=1S/C20H20N4O3/c1-13-6-21-18-15(7-22-24(18)8-13)19(26)23-9-16-14-4-2-3-5-17(14)27-12-20(16,10-23)11-25/h2-8,16,25H,9-12H2,1H3. The summed E-state index contributed by atoms with van der Waals surface area (Å²) in [6.07, 6.45) is 5.15. The number of aliphatic hydroxyl groups excluding tert-OH is 1. The van der Waals surface area contributed by atoms with Crippen LogP contribution in [0.4, 0.5) is 0 Å². The van der Waals surface area contributed by atoms with Gasteiger partial charge in [0, 0.05) is 31.4 Å². The molecule has 2 aliphatic rings. The molecule has 4 heterocycles. The van der Waals surface area contributed by atoms with Crippen LogP contribution in [0.5, 0.6) is 5.75 Å². The SMILES string of the molecule is Cc1cnc2c(C(=O)N3CC4c5ccccc5OCC4(CO)C3)cnn2c1. The molecule has 138 valence electrons. The van der Waals surface area contributed by atoms with Crippen molar-refractivity contribution in [1.29, 1.82) is 0 Å². The molecule has 0 radical (unpaired) electrons. The molecule has 7 nitrogen and oxygen atoms in total. The maximum Gasteiger partial charge on any atom is 0.259 e. The summed E-state index contributed by atoms with van der Waals surface area (Å²) in [6.45, 7) is 3.31. The van der Waals surface area contributed by atoms with Crippen molar-refractivity contribution in [3.8, 4) is 5.75 Å². The summed E-state index contributed by atoms with van der Waals surface area (Å²) in [5.41, 5.74) is 2.59. The number of hydrogen-bond acceptors (Lipinski definition) is 5. The lowest BCUT2D eigenvalue weighted by atomic mass is 9.74. The molecule has 0 spiro atoms. The molecule has 2 aliphatic heterocycles. The molecule has 0 bridgehead atoms. The van der Waals surface area contributed by atoms with Crippen LogP contribution in [0.15, 0.2) is 42.9 Å². The van der Waals surface area contributed by atoms with Gasteiger partial charge in [0.25, 0.3) is 5.91 Å². The first-order valence-electron chi connectivity index (χ1n) is 9.03. The molecule has 1 fully saturated rings. The van der Waals surface area contributed by atoms with Gasteiger partial charge < -0.3 is 14.7 Å². The highest BCUT2D eigenvalue weighted by Gasteiger charge is 2.52. The second kappa shape index (κ2) is 5.79. The minimum Gasteiger partial charge on any atom is -0.493 e. The van der Waals surface area contributed by atoms with Crippen LogP contribution in [0.3, 0.4) is 0 Å². The zero-order chi connectivity index (χ0) is 18.6. The Hall–Kier alpha value is -2.93. The number of fused-ring (bicyclic) bond motifs is 4. The molecule has 2 atom stereocenters. The molecular weight excluding hydrogens is 344 g/mol. The van der Waals surface area contributed by atoms with Crippen molar-refractivity contribution in [2.24, 2.45) is 5.41 Å². The summed E-state index contributed by atoms with van der Waals surface area (Å²) in [5, 5.41) is 14.4. The van der Waals surface area contributed by atoms with Gasteiger partial charge in [-0.2, -0.15) is 5.10 Å². The van der Waals surface area contributed by atoms with Gasteiger partial charge in [0.05, 0.1) is 24.8 Å². The summed E-state index contributed by atoms with van der Waals surface area (Å²) in [6, 6.07) is 7.88. The highest BCUT2D eigenvalue weighted by molar-refractivity contribution is 5.99. The average molecular weight is 364 g/mol. The van der Waals surface area contributed by atoms with Crippen LogP contribution in [0.1, 0.15) is 27.4 Å². The van der Waals surface area contributed by atoms with Crippen LogP contribution in [0.25, 0.3) is 5.65 Å². The van der Waals surface area contributed by atoms with E-state index in [1.807, 2.05) is 37.4 Å². The Balaban J connectivity index is 1.51. The largest absolute Gasteiger partial charge is 0.493 e. The number of hydrogen-bond donors (Lipinski definition) is 1. The Morgan fingerprint density at radius 3 is 3.07 bits per heavy atom. The Labute approximate surface area is 156 Å². The number of para-hydroxylation sites is 1. The molecule has 5 rings (SSSR count). The highest BCUT2D eigenvalue weighted by Crippen LogP contribution is 2.49. The Morgan fingerprint density at radius 1 is 1.37 bits per heavy atom. The molecule has 0 aliphatic carbocycles. The van der Waals surface area contributed by atoms with Crippen molar-refractivity contribution in [3.63, 3.8) is 0 Å². The number of rotatable bonds is 2. The van der Waals surface area contributed by atoms with Gasteiger partial charge in [-0.1, -0.05) is 18.2 Å². The Kier molecular flexibility index (Phi) is 3.48. The number of nitrogens with zero attached hydrogens (tertiary/aromatic N) is 4. The van der Waals surface area contributed by atoms with Gasteiger partial charge in [-0.05, 0) is 24.1 Å². The maximum absolute atomic E-state index is 13.2. The summed E-state index contributed by atoms with van der Waals surface area (Å²) >= 11 is 0. The van der Waals surface area contributed by atoms with E-state index < -0.39 is 5.41 Å². The Bertz CT molecular complexity index is 1050. The predicted octanol–water partition coefficient (Wildman–Crippen LogP) is 1.65. The Morgan fingerprint density at radius 2 is 2.22 bits per heavy atom. The fourth-order valence-corrected chi connectivity index (χ4v) is 4.31. The van der Waals surface area contributed by atoms with Crippen molar-refractivity contribution < 1.29 is 14.6 Å². The highest BCUT2D eigenvalue weighted by atomic mass is 16.5. The fourth-order valence-electron chi connectivity index (χ4n) is 4.31. The van der Waals surface area contributed by atoms with Crippen LogP contribution in [-0.2, 0) is 0 Å². The number of aliphatic hydroxyl groups is 1. The molecule has 0 saturated carbocycles. The molecule has 1 amide bonds. The lowest BCUT2D eigenvalue weighted by molar-refractivity contribution is 0.0440. The first-order valence-corrected chi connectivity index (χ1v) is 9.03. The lowest BCUT2D eigenvalue weighted by Crippen LogP contribution is -2.42. The van der Waals surface area contributed by atoms with Crippen molar-refractivity contribution in [3.05, 3.63) is 59.5 Å². The molecule has 1 N–H and O–H groups in total. The molecule has 27 heavy (non-hydrogen) atoms. The van der Waals surface area contributed by atoms with Gasteiger partial charge in [0.15, 0.2) is 5.65 Å². The smallest absolute Gasteiger partial charge is 0.259 e. The first-order chi connectivity index (χ1) is 13.1. The zero-order valence-corrected chi connectivity index (χ0v) is 15.0. The third-order valence-electron chi connectivity index (χ3n) is 5.78. The normalized spacial score (nSPS) is 23.8. The van der Waals surface area contributed by atoms with Gasteiger partial charge in [-0.3, -0.25) is 4.79 Å². The van der Waals surface area contributed by atoms with E-state index in [4.69, 9.17) is 4.74 Å². The van der Waals surface area contributed by atoms with Crippen LogP contribution in [0.2, 0.25) is 0 Å². The van der Waals surface area contributed by atoms with Crippen molar-refractivity contribution in [2.75, 3.05) is 26.3 Å². The predicted molar refractivity (Wildman–Crippen MR) is 97.8 cm³/mol. The second-order valence-corrected chi connectivity index (χ2v) is 7.54. The van der Waals surface area contributed by atoms with Crippen LogP contribution in [-0.4, -0.2) is 56.8 Å². The lowest BCUT2D eigenvalue weighted by Gasteiger charge is -2.37. The molecule has 1 saturated heterocycles. The number of ether oxygens (including phenoxy) is 1. The summed E-state index contributed by atoms with van der Waals surface area (Å²) in [4.78, 5) is 19.4. The van der Waals surface area contributed by atoms with E-state index in [2.05, 4.69) is 10.1 Å².